The predicted molar refractivity (Wildman–Crippen MR) is 62.8 cm³/mol. The van der Waals surface area contributed by atoms with Crippen molar-refractivity contribution in [3.63, 3.8) is 0 Å². The smallest absolute Gasteiger partial charge is 0.347 e. The van der Waals surface area contributed by atoms with Crippen molar-refractivity contribution < 1.29 is 9.90 Å². The average molecular weight is 240 g/mol. The van der Waals surface area contributed by atoms with Gasteiger partial charge in [-0.2, -0.15) is 0 Å². The number of carboxylic acid groups (broad SMARTS) is 1. The standard InChI is InChI=1S/C11H16N2O2S/c12-6-8-9(11(14)15)16-10(13-8)7-4-2-1-3-5-7/h7H,1-6,12H2,(H,14,15). The third kappa shape index (κ3) is 2.25. The highest BCUT2D eigenvalue weighted by atomic mass is 32.1. The van der Waals surface area contributed by atoms with Crippen LogP contribution in [0.4, 0.5) is 0 Å². The Labute approximate surface area is 98.5 Å². The van der Waals surface area contributed by atoms with Gasteiger partial charge in [0.05, 0.1) is 10.7 Å². The summed E-state index contributed by atoms with van der Waals surface area (Å²) < 4.78 is 0. The third-order valence-electron chi connectivity index (χ3n) is 3.06. The molecule has 88 valence electrons. The van der Waals surface area contributed by atoms with E-state index in [0.29, 0.717) is 16.5 Å². The van der Waals surface area contributed by atoms with Crippen LogP contribution in [-0.4, -0.2) is 16.1 Å². The molecule has 0 bridgehead atoms. The number of nitrogens with zero attached hydrogens (tertiary/aromatic N) is 1. The SMILES string of the molecule is NCc1nc(C2CCCCC2)sc1C(=O)O. The summed E-state index contributed by atoms with van der Waals surface area (Å²) >= 11 is 1.31. The first-order chi connectivity index (χ1) is 7.72. The van der Waals surface area contributed by atoms with Gasteiger partial charge in [0.2, 0.25) is 0 Å². The van der Waals surface area contributed by atoms with Gasteiger partial charge in [-0.15, -0.1) is 11.3 Å². The Morgan fingerprint density at radius 1 is 1.44 bits per heavy atom. The van der Waals surface area contributed by atoms with E-state index >= 15 is 0 Å². The molecule has 0 atom stereocenters. The van der Waals surface area contributed by atoms with Gasteiger partial charge in [0.25, 0.3) is 0 Å². The Balaban J connectivity index is 2.24. The van der Waals surface area contributed by atoms with Crippen molar-refractivity contribution in [1.29, 1.82) is 0 Å². The maximum Gasteiger partial charge on any atom is 0.347 e. The molecule has 5 heteroatoms. The molecule has 0 amide bonds. The summed E-state index contributed by atoms with van der Waals surface area (Å²) in [5, 5.41) is 9.99. The van der Waals surface area contributed by atoms with Crippen LogP contribution >= 0.6 is 11.3 Å². The van der Waals surface area contributed by atoms with Crippen molar-refractivity contribution in [2.45, 2.75) is 44.6 Å². The second-order valence-electron chi connectivity index (χ2n) is 4.17. The van der Waals surface area contributed by atoms with Crippen LogP contribution in [0.2, 0.25) is 0 Å². The Hall–Kier alpha value is -0.940. The zero-order valence-electron chi connectivity index (χ0n) is 9.11. The number of aromatic carboxylic acids is 1. The van der Waals surface area contributed by atoms with E-state index in [0.717, 1.165) is 17.8 Å². The fourth-order valence-corrected chi connectivity index (χ4v) is 3.30. The molecule has 0 saturated heterocycles. The number of aromatic nitrogens is 1. The summed E-state index contributed by atoms with van der Waals surface area (Å²) in [7, 11) is 0. The first-order valence-electron chi connectivity index (χ1n) is 5.65. The number of thiazole rings is 1. The summed E-state index contributed by atoms with van der Waals surface area (Å²) in [6, 6.07) is 0. The molecular formula is C11H16N2O2S. The van der Waals surface area contributed by atoms with Gasteiger partial charge in [-0.1, -0.05) is 19.3 Å². The van der Waals surface area contributed by atoms with E-state index in [2.05, 4.69) is 4.98 Å². The Kier molecular flexibility index (Phi) is 3.56. The highest BCUT2D eigenvalue weighted by molar-refractivity contribution is 7.13. The Bertz CT molecular complexity index is 383. The van der Waals surface area contributed by atoms with Crippen molar-refractivity contribution in [1.82, 2.24) is 4.98 Å². The van der Waals surface area contributed by atoms with Gasteiger partial charge in [0.15, 0.2) is 0 Å². The average Bonchev–Trinajstić information content (AvgIpc) is 2.74. The van der Waals surface area contributed by atoms with Crippen LogP contribution in [-0.2, 0) is 6.54 Å². The largest absolute Gasteiger partial charge is 0.477 e. The molecule has 1 fully saturated rings. The lowest BCUT2D eigenvalue weighted by Crippen LogP contribution is -2.06. The van der Waals surface area contributed by atoms with Crippen LogP contribution < -0.4 is 5.73 Å². The maximum absolute atomic E-state index is 11.0. The van der Waals surface area contributed by atoms with Gasteiger partial charge in [-0.25, -0.2) is 9.78 Å². The number of hydrogen-bond acceptors (Lipinski definition) is 4. The highest BCUT2D eigenvalue weighted by Crippen LogP contribution is 2.35. The quantitative estimate of drug-likeness (QED) is 0.850. The predicted octanol–water partition coefficient (Wildman–Crippen LogP) is 2.35. The zero-order chi connectivity index (χ0) is 11.5. The van der Waals surface area contributed by atoms with E-state index in [1.807, 2.05) is 0 Å². The van der Waals surface area contributed by atoms with E-state index in [1.54, 1.807) is 0 Å². The van der Waals surface area contributed by atoms with Gasteiger partial charge in [0.1, 0.15) is 4.88 Å². The van der Waals surface area contributed by atoms with Crippen LogP contribution in [0.15, 0.2) is 0 Å². The number of rotatable bonds is 3. The van der Waals surface area contributed by atoms with E-state index in [9.17, 15) is 4.79 Å². The molecule has 1 heterocycles. The van der Waals surface area contributed by atoms with Crippen molar-refractivity contribution in [3.05, 3.63) is 15.6 Å². The number of nitrogens with two attached hydrogens (primary N) is 1. The molecule has 1 aromatic heterocycles. The lowest BCUT2D eigenvalue weighted by atomic mass is 9.90. The minimum Gasteiger partial charge on any atom is -0.477 e. The fraction of sp³-hybridized carbons (Fsp3) is 0.636. The summed E-state index contributed by atoms with van der Waals surface area (Å²) in [6.07, 6.45) is 6.01. The monoisotopic (exact) mass is 240 g/mol. The van der Waals surface area contributed by atoms with E-state index in [1.165, 1.54) is 30.6 Å². The van der Waals surface area contributed by atoms with Gasteiger partial charge >= 0.3 is 5.97 Å². The van der Waals surface area contributed by atoms with Crippen molar-refractivity contribution >= 4 is 17.3 Å². The summed E-state index contributed by atoms with van der Waals surface area (Å²) in [6.45, 7) is 0.213. The molecule has 3 N–H and O–H groups in total. The molecule has 1 aromatic rings. The number of carbonyl (C=O) groups is 1. The van der Waals surface area contributed by atoms with Crippen molar-refractivity contribution in [2.75, 3.05) is 0 Å². The molecule has 1 saturated carbocycles. The molecule has 0 aromatic carbocycles. The Morgan fingerprint density at radius 3 is 2.62 bits per heavy atom. The molecule has 0 unspecified atom stereocenters. The second kappa shape index (κ2) is 4.93. The highest BCUT2D eigenvalue weighted by Gasteiger charge is 2.23. The summed E-state index contributed by atoms with van der Waals surface area (Å²) in [5.41, 5.74) is 6.05. The molecule has 1 aliphatic carbocycles. The van der Waals surface area contributed by atoms with Crippen LogP contribution in [0.1, 0.15) is 58.4 Å². The minimum atomic E-state index is -0.903. The van der Waals surface area contributed by atoms with Gasteiger partial charge in [-0.05, 0) is 12.8 Å². The molecule has 2 rings (SSSR count). The van der Waals surface area contributed by atoms with Crippen LogP contribution in [0.5, 0.6) is 0 Å². The molecule has 4 nitrogen and oxygen atoms in total. The normalized spacial score (nSPS) is 17.6. The van der Waals surface area contributed by atoms with Gasteiger partial charge in [-0.3, -0.25) is 0 Å². The first kappa shape index (κ1) is 11.5. The Morgan fingerprint density at radius 2 is 2.12 bits per heavy atom. The van der Waals surface area contributed by atoms with Crippen LogP contribution in [0.25, 0.3) is 0 Å². The zero-order valence-corrected chi connectivity index (χ0v) is 9.92. The van der Waals surface area contributed by atoms with E-state index in [4.69, 9.17) is 10.8 Å². The molecule has 0 aliphatic heterocycles. The summed E-state index contributed by atoms with van der Waals surface area (Å²) in [5.74, 6) is -0.447. The molecule has 1 aliphatic rings. The van der Waals surface area contributed by atoms with Gasteiger partial charge < -0.3 is 10.8 Å². The topological polar surface area (TPSA) is 76.2 Å². The molecule has 16 heavy (non-hydrogen) atoms. The van der Waals surface area contributed by atoms with Crippen molar-refractivity contribution in [2.24, 2.45) is 5.73 Å². The molecule has 0 spiro atoms. The van der Waals surface area contributed by atoms with Crippen molar-refractivity contribution in [3.8, 4) is 0 Å². The molecule has 0 radical (unpaired) electrons. The van der Waals surface area contributed by atoms with E-state index < -0.39 is 5.97 Å². The number of hydrogen-bond donors (Lipinski definition) is 2. The lowest BCUT2D eigenvalue weighted by Gasteiger charge is -2.18. The molecular weight excluding hydrogens is 224 g/mol. The fourth-order valence-electron chi connectivity index (χ4n) is 2.20. The number of carboxylic acids is 1. The van der Waals surface area contributed by atoms with Gasteiger partial charge in [0, 0.05) is 12.5 Å². The third-order valence-corrected chi connectivity index (χ3v) is 4.30. The summed E-state index contributed by atoms with van der Waals surface area (Å²) in [4.78, 5) is 15.7. The van der Waals surface area contributed by atoms with Crippen LogP contribution in [0.3, 0.4) is 0 Å². The van der Waals surface area contributed by atoms with Crippen LogP contribution in [0, 0.1) is 0 Å². The minimum absolute atomic E-state index is 0.213. The second-order valence-corrected chi connectivity index (χ2v) is 5.20. The first-order valence-corrected chi connectivity index (χ1v) is 6.47. The van der Waals surface area contributed by atoms with E-state index in [-0.39, 0.29) is 6.54 Å². The maximum atomic E-state index is 11.0. The lowest BCUT2D eigenvalue weighted by molar-refractivity contribution is 0.0700.